The van der Waals surface area contributed by atoms with Crippen molar-refractivity contribution in [3.05, 3.63) is 33.9 Å². The Hall–Kier alpha value is -1.67. The number of nitro benzene ring substituents is 1. The summed E-state index contributed by atoms with van der Waals surface area (Å²) in [5.74, 6) is 5.45. The van der Waals surface area contributed by atoms with Crippen molar-refractivity contribution < 1.29 is 10.0 Å². The molecule has 0 aliphatic rings. The van der Waals surface area contributed by atoms with Gasteiger partial charge < -0.3 is 5.11 Å². The van der Waals surface area contributed by atoms with Gasteiger partial charge in [-0.1, -0.05) is 11.8 Å². The fraction of sp³-hybridized carbons (Fsp3) is 0.111. The van der Waals surface area contributed by atoms with Crippen LogP contribution in [0.4, 0.5) is 5.69 Å². The largest absolute Gasteiger partial charge is 0.507 e. The van der Waals surface area contributed by atoms with Gasteiger partial charge in [0.25, 0.3) is 5.69 Å². The van der Waals surface area contributed by atoms with Crippen LogP contribution in [0, 0.1) is 22.0 Å². The number of nitro groups is 1. The zero-order chi connectivity index (χ0) is 10.6. The first kappa shape index (κ1) is 10.4. The molecule has 1 rings (SSSR count). The molecular formula is C9H7NO3S. The summed E-state index contributed by atoms with van der Waals surface area (Å²) in [5.41, 5.74) is 0.152. The molecule has 0 saturated heterocycles. The van der Waals surface area contributed by atoms with Gasteiger partial charge in [0.15, 0.2) is 0 Å². The summed E-state index contributed by atoms with van der Waals surface area (Å²) in [7, 11) is 0. The summed E-state index contributed by atoms with van der Waals surface area (Å²) in [5, 5.41) is 19.7. The third kappa shape index (κ3) is 2.41. The normalized spacial score (nSPS) is 8.93. The van der Waals surface area contributed by atoms with Crippen molar-refractivity contribution in [2.45, 2.75) is 0 Å². The molecule has 0 heterocycles. The van der Waals surface area contributed by atoms with Crippen molar-refractivity contribution in [3.8, 4) is 17.6 Å². The number of benzene rings is 1. The third-order valence-corrected chi connectivity index (χ3v) is 1.65. The van der Waals surface area contributed by atoms with E-state index in [1.165, 1.54) is 18.2 Å². The minimum Gasteiger partial charge on any atom is -0.507 e. The number of non-ortho nitro benzene ring substituents is 1. The molecule has 14 heavy (non-hydrogen) atoms. The molecule has 1 aromatic rings. The van der Waals surface area contributed by atoms with E-state index in [0.29, 0.717) is 5.75 Å². The molecule has 4 nitrogen and oxygen atoms in total. The van der Waals surface area contributed by atoms with E-state index in [1.54, 1.807) is 0 Å². The van der Waals surface area contributed by atoms with Gasteiger partial charge in [-0.3, -0.25) is 10.1 Å². The fourth-order valence-electron chi connectivity index (χ4n) is 0.872. The molecule has 0 fully saturated rings. The lowest BCUT2D eigenvalue weighted by molar-refractivity contribution is -0.384. The van der Waals surface area contributed by atoms with Gasteiger partial charge in [-0.2, -0.15) is 12.6 Å². The van der Waals surface area contributed by atoms with Crippen molar-refractivity contribution >= 4 is 18.3 Å². The predicted octanol–water partition coefficient (Wildman–Crippen LogP) is 1.58. The Bertz CT molecular complexity index is 420. The van der Waals surface area contributed by atoms with Crippen molar-refractivity contribution in [3.63, 3.8) is 0 Å². The monoisotopic (exact) mass is 209 g/mol. The minimum absolute atomic E-state index is 0.0649. The smallest absolute Gasteiger partial charge is 0.270 e. The van der Waals surface area contributed by atoms with Crippen LogP contribution in [0.15, 0.2) is 18.2 Å². The second-order valence-corrected chi connectivity index (χ2v) is 2.73. The molecule has 0 aromatic heterocycles. The average molecular weight is 209 g/mol. The van der Waals surface area contributed by atoms with Crippen LogP contribution >= 0.6 is 12.6 Å². The lowest BCUT2D eigenvalue weighted by Gasteiger charge is -1.96. The summed E-state index contributed by atoms with van der Waals surface area (Å²) in [6.45, 7) is 0. The minimum atomic E-state index is -0.536. The highest BCUT2D eigenvalue weighted by Crippen LogP contribution is 2.21. The molecule has 0 aliphatic heterocycles. The Kier molecular flexibility index (Phi) is 3.37. The summed E-state index contributed by atoms with van der Waals surface area (Å²) >= 11 is 3.86. The number of phenols is 1. The van der Waals surface area contributed by atoms with Gasteiger partial charge in [-0.15, -0.1) is 0 Å². The van der Waals surface area contributed by atoms with Gasteiger partial charge >= 0.3 is 0 Å². The number of phenolic OH excluding ortho intramolecular Hbond substituents is 1. The summed E-state index contributed by atoms with van der Waals surface area (Å²) in [6, 6.07) is 3.70. The van der Waals surface area contributed by atoms with E-state index >= 15 is 0 Å². The third-order valence-electron chi connectivity index (χ3n) is 1.49. The maximum Gasteiger partial charge on any atom is 0.270 e. The molecule has 0 aliphatic carbocycles. The van der Waals surface area contributed by atoms with E-state index < -0.39 is 4.92 Å². The zero-order valence-corrected chi connectivity index (χ0v) is 7.99. The van der Waals surface area contributed by atoms with Crippen LogP contribution in [-0.4, -0.2) is 15.8 Å². The molecule has 72 valence electrons. The van der Waals surface area contributed by atoms with E-state index in [9.17, 15) is 15.2 Å². The first-order valence-electron chi connectivity index (χ1n) is 3.72. The van der Waals surface area contributed by atoms with E-state index in [4.69, 9.17) is 0 Å². The van der Waals surface area contributed by atoms with Gasteiger partial charge in [0.05, 0.1) is 16.2 Å². The van der Waals surface area contributed by atoms with Crippen molar-refractivity contribution in [2.75, 3.05) is 5.75 Å². The number of aromatic hydroxyl groups is 1. The van der Waals surface area contributed by atoms with Crippen LogP contribution in [-0.2, 0) is 0 Å². The second-order valence-electron chi connectivity index (χ2n) is 2.42. The van der Waals surface area contributed by atoms with Crippen molar-refractivity contribution in [1.82, 2.24) is 0 Å². The SMILES string of the molecule is O=[N+]([O-])c1ccc(O)c(C#CCS)c1. The Morgan fingerprint density at radius 1 is 1.57 bits per heavy atom. The van der Waals surface area contributed by atoms with Crippen LogP contribution in [0.3, 0.4) is 0 Å². The van der Waals surface area contributed by atoms with Gasteiger partial charge in [0.1, 0.15) is 5.75 Å². The summed E-state index contributed by atoms with van der Waals surface area (Å²) in [6.07, 6.45) is 0. The molecule has 0 saturated carbocycles. The van der Waals surface area contributed by atoms with E-state index in [1.807, 2.05) is 0 Å². The molecule has 0 radical (unpaired) electrons. The molecule has 0 spiro atoms. The van der Waals surface area contributed by atoms with E-state index in [-0.39, 0.29) is 17.0 Å². The molecule has 0 amide bonds. The lowest BCUT2D eigenvalue weighted by Crippen LogP contribution is -1.88. The summed E-state index contributed by atoms with van der Waals surface area (Å²) in [4.78, 5) is 9.86. The Labute approximate surface area is 86.1 Å². The Morgan fingerprint density at radius 3 is 2.86 bits per heavy atom. The number of thiol groups is 1. The molecule has 1 N–H and O–H groups in total. The molecule has 5 heteroatoms. The van der Waals surface area contributed by atoms with Gasteiger partial charge in [-0.25, -0.2) is 0 Å². The number of nitrogens with zero attached hydrogens (tertiary/aromatic N) is 1. The van der Waals surface area contributed by atoms with Crippen molar-refractivity contribution in [1.29, 1.82) is 0 Å². The first-order chi connectivity index (χ1) is 6.65. The van der Waals surface area contributed by atoms with E-state index in [2.05, 4.69) is 24.5 Å². The first-order valence-corrected chi connectivity index (χ1v) is 4.35. The molecule has 1 aromatic carbocycles. The average Bonchev–Trinajstić information content (AvgIpc) is 2.16. The van der Waals surface area contributed by atoms with Gasteiger partial charge in [0.2, 0.25) is 0 Å². The lowest BCUT2D eigenvalue weighted by atomic mass is 10.2. The maximum absolute atomic E-state index is 10.4. The molecule has 0 bridgehead atoms. The topological polar surface area (TPSA) is 63.4 Å². The number of hydrogen-bond donors (Lipinski definition) is 2. The number of rotatable bonds is 1. The maximum atomic E-state index is 10.4. The van der Waals surface area contributed by atoms with Crippen LogP contribution in [0.5, 0.6) is 5.75 Å². The van der Waals surface area contributed by atoms with Gasteiger partial charge in [-0.05, 0) is 6.07 Å². The highest BCUT2D eigenvalue weighted by Gasteiger charge is 2.07. The fourth-order valence-corrected chi connectivity index (χ4v) is 0.952. The Morgan fingerprint density at radius 2 is 2.29 bits per heavy atom. The van der Waals surface area contributed by atoms with Crippen LogP contribution < -0.4 is 0 Å². The molecule has 0 unspecified atom stereocenters. The van der Waals surface area contributed by atoms with E-state index in [0.717, 1.165) is 0 Å². The highest BCUT2D eigenvalue weighted by molar-refractivity contribution is 7.80. The number of hydrogen-bond acceptors (Lipinski definition) is 4. The van der Waals surface area contributed by atoms with Crippen LogP contribution in [0.2, 0.25) is 0 Å². The molecule has 0 atom stereocenters. The Balaban J connectivity index is 3.14. The van der Waals surface area contributed by atoms with Crippen molar-refractivity contribution in [2.24, 2.45) is 0 Å². The van der Waals surface area contributed by atoms with Crippen LogP contribution in [0.25, 0.3) is 0 Å². The standard InChI is InChI=1S/C9H7NO3S/c11-9-4-3-8(10(12)13)6-7(9)2-1-5-14/h3-4,6,11,14H,5H2. The quantitative estimate of drug-likeness (QED) is 0.319. The van der Waals surface area contributed by atoms with Gasteiger partial charge in [0, 0.05) is 12.1 Å². The zero-order valence-electron chi connectivity index (χ0n) is 7.10. The highest BCUT2D eigenvalue weighted by atomic mass is 32.1. The summed E-state index contributed by atoms with van der Waals surface area (Å²) < 4.78 is 0. The molecular weight excluding hydrogens is 202 g/mol. The second kappa shape index (κ2) is 4.53. The predicted molar refractivity (Wildman–Crippen MR) is 55.5 cm³/mol. The van der Waals surface area contributed by atoms with Crippen LogP contribution in [0.1, 0.15) is 5.56 Å².